The minimum Gasteiger partial charge on any atom is -0.345 e. The molecule has 0 saturated carbocycles. The number of benzene rings is 2. The van der Waals surface area contributed by atoms with Crippen molar-refractivity contribution in [3.05, 3.63) is 58.6 Å². The van der Waals surface area contributed by atoms with Crippen LogP contribution in [0.5, 0.6) is 0 Å². The predicted octanol–water partition coefficient (Wildman–Crippen LogP) is 3.18. The molecule has 7 heteroatoms. The molecule has 0 radical (unpaired) electrons. The second-order valence-corrected chi connectivity index (χ2v) is 8.03. The van der Waals surface area contributed by atoms with E-state index in [2.05, 4.69) is 0 Å². The highest BCUT2D eigenvalue weighted by Gasteiger charge is 2.22. The summed E-state index contributed by atoms with van der Waals surface area (Å²) < 4.78 is 26.5. The molecule has 2 rings (SSSR count). The van der Waals surface area contributed by atoms with Crippen molar-refractivity contribution < 1.29 is 13.2 Å². The fourth-order valence-electron chi connectivity index (χ4n) is 2.12. The first-order valence-electron chi connectivity index (χ1n) is 7.21. The average Bonchev–Trinajstić information content (AvgIpc) is 2.53. The Morgan fingerprint density at radius 2 is 1.58 bits per heavy atom. The molecule has 0 fully saturated rings. The fourth-order valence-corrected chi connectivity index (χ4v) is 3.56. The second-order valence-electron chi connectivity index (χ2n) is 5.65. The summed E-state index contributed by atoms with van der Waals surface area (Å²) in [7, 11) is 1.01. The van der Waals surface area contributed by atoms with Gasteiger partial charge in [0.15, 0.2) is 0 Å². The van der Waals surface area contributed by atoms with Gasteiger partial charge in [0.25, 0.3) is 15.9 Å². The molecule has 0 bridgehead atoms. The first-order valence-corrected chi connectivity index (χ1v) is 9.03. The summed E-state index contributed by atoms with van der Waals surface area (Å²) in [6, 6.07) is 11.2. The Labute approximate surface area is 147 Å². The predicted molar refractivity (Wildman–Crippen MR) is 96.2 cm³/mol. The molecule has 24 heavy (non-hydrogen) atoms. The van der Waals surface area contributed by atoms with Crippen LogP contribution < -0.4 is 4.31 Å². The maximum atomic E-state index is 12.7. The van der Waals surface area contributed by atoms with Crippen LogP contribution in [-0.2, 0) is 10.0 Å². The van der Waals surface area contributed by atoms with Crippen molar-refractivity contribution in [1.29, 1.82) is 0 Å². The molecule has 0 heterocycles. The van der Waals surface area contributed by atoms with E-state index in [1.165, 1.54) is 24.1 Å². The molecule has 0 aliphatic heterocycles. The highest BCUT2D eigenvalue weighted by molar-refractivity contribution is 7.92. The Morgan fingerprint density at radius 1 is 1.00 bits per heavy atom. The zero-order chi connectivity index (χ0) is 18.1. The number of anilines is 1. The Morgan fingerprint density at radius 3 is 2.08 bits per heavy atom. The fraction of sp³-hybridized carbons (Fsp3) is 0.235. The van der Waals surface area contributed by atoms with E-state index >= 15 is 0 Å². The molecule has 0 aliphatic rings. The molecule has 0 unspecified atom stereocenters. The Bertz CT molecular complexity index is 862. The lowest BCUT2D eigenvalue weighted by Gasteiger charge is -2.21. The van der Waals surface area contributed by atoms with Crippen molar-refractivity contribution >= 4 is 33.2 Å². The minimum absolute atomic E-state index is 0.195. The van der Waals surface area contributed by atoms with Crippen molar-refractivity contribution in [2.24, 2.45) is 0 Å². The summed E-state index contributed by atoms with van der Waals surface area (Å²) in [5.41, 5.74) is 1.69. The first-order chi connectivity index (χ1) is 11.1. The van der Waals surface area contributed by atoms with Gasteiger partial charge < -0.3 is 4.90 Å². The van der Waals surface area contributed by atoms with Gasteiger partial charge in [0, 0.05) is 21.1 Å². The Kier molecular flexibility index (Phi) is 5.20. The van der Waals surface area contributed by atoms with Gasteiger partial charge >= 0.3 is 0 Å². The highest BCUT2D eigenvalue weighted by Crippen LogP contribution is 2.27. The van der Waals surface area contributed by atoms with E-state index in [1.807, 2.05) is 6.92 Å². The quantitative estimate of drug-likeness (QED) is 0.835. The number of hydrogen-bond acceptors (Lipinski definition) is 3. The largest absolute Gasteiger partial charge is 0.345 e. The third-order valence-electron chi connectivity index (χ3n) is 3.63. The molecular weight excluding hydrogens is 348 g/mol. The van der Waals surface area contributed by atoms with Crippen molar-refractivity contribution in [2.45, 2.75) is 11.8 Å². The van der Waals surface area contributed by atoms with Crippen LogP contribution in [-0.4, -0.2) is 40.4 Å². The summed E-state index contributed by atoms with van der Waals surface area (Å²) >= 11 is 6.16. The molecule has 0 spiro atoms. The number of halogens is 1. The smallest absolute Gasteiger partial charge is 0.264 e. The highest BCUT2D eigenvalue weighted by atomic mass is 35.5. The third kappa shape index (κ3) is 3.55. The van der Waals surface area contributed by atoms with Crippen LogP contribution in [0.4, 0.5) is 5.69 Å². The zero-order valence-electron chi connectivity index (χ0n) is 13.9. The van der Waals surface area contributed by atoms with Gasteiger partial charge in [0.1, 0.15) is 0 Å². The number of rotatable bonds is 4. The van der Waals surface area contributed by atoms with Gasteiger partial charge in [-0.25, -0.2) is 8.42 Å². The number of sulfonamides is 1. The zero-order valence-corrected chi connectivity index (χ0v) is 15.5. The molecule has 0 saturated heterocycles. The summed E-state index contributed by atoms with van der Waals surface area (Å²) in [4.78, 5) is 13.6. The lowest BCUT2D eigenvalue weighted by atomic mass is 10.2. The van der Waals surface area contributed by atoms with E-state index in [1.54, 1.807) is 44.4 Å². The van der Waals surface area contributed by atoms with E-state index in [0.717, 1.165) is 9.87 Å². The Balaban J connectivity index is 2.39. The van der Waals surface area contributed by atoms with Crippen LogP contribution in [0.25, 0.3) is 0 Å². The summed E-state index contributed by atoms with van der Waals surface area (Å²) in [6.07, 6.45) is 0. The van der Waals surface area contributed by atoms with Gasteiger partial charge in [-0.3, -0.25) is 9.10 Å². The molecule has 0 atom stereocenters. The normalized spacial score (nSPS) is 11.2. The number of hydrogen-bond donors (Lipinski definition) is 0. The second kappa shape index (κ2) is 6.83. The number of carbonyl (C=O) groups excluding carboxylic acids is 1. The van der Waals surface area contributed by atoms with E-state index < -0.39 is 10.0 Å². The van der Waals surface area contributed by atoms with E-state index in [-0.39, 0.29) is 15.8 Å². The summed E-state index contributed by atoms with van der Waals surface area (Å²) in [6.45, 7) is 1.89. The molecule has 2 aromatic carbocycles. The third-order valence-corrected chi connectivity index (χ3v) is 5.74. The van der Waals surface area contributed by atoms with E-state index in [4.69, 9.17) is 11.6 Å². The van der Waals surface area contributed by atoms with Crippen LogP contribution in [0, 0.1) is 6.92 Å². The van der Waals surface area contributed by atoms with Crippen molar-refractivity contribution in [2.75, 3.05) is 25.4 Å². The van der Waals surface area contributed by atoms with Gasteiger partial charge in [-0.1, -0.05) is 29.3 Å². The SMILES string of the molecule is Cc1ccc(S(=O)(=O)N(C)c2ccc(C(=O)N(C)C)c(Cl)c2)cc1. The van der Waals surface area contributed by atoms with Gasteiger partial charge in [0.05, 0.1) is 21.2 Å². The van der Waals surface area contributed by atoms with Gasteiger partial charge in [0.2, 0.25) is 0 Å². The van der Waals surface area contributed by atoms with Gasteiger partial charge in [-0.2, -0.15) is 0 Å². The van der Waals surface area contributed by atoms with Crippen molar-refractivity contribution in [3.63, 3.8) is 0 Å². The van der Waals surface area contributed by atoms with Gasteiger partial charge in [-0.05, 0) is 37.3 Å². The summed E-state index contributed by atoms with van der Waals surface area (Å²) in [5, 5.41) is 0.206. The molecule has 0 aromatic heterocycles. The molecule has 0 N–H and O–H groups in total. The number of aryl methyl sites for hydroxylation is 1. The molecule has 5 nitrogen and oxygen atoms in total. The molecule has 2 aromatic rings. The molecule has 0 aliphatic carbocycles. The lowest BCUT2D eigenvalue weighted by Crippen LogP contribution is -2.27. The van der Waals surface area contributed by atoms with Crippen LogP contribution >= 0.6 is 11.6 Å². The first kappa shape index (κ1) is 18.3. The minimum atomic E-state index is -3.70. The van der Waals surface area contributed by atoms with E-state index in [9.17, 15) is 13.2 Å². The van der Waals surface area contributed by atoms with Gasteiger partial charge in [-0.15, -0.1) is 0 Å². The Hall–Kier alpha value is -2.05. The van der Waals surface area contributed by atoms with E-state index in [0.29, 0.717) is 11.3 Å². The molecule has 128 valence electrons. The number of carbonyl (C=O) groups is 1. The standard InChI is InChI=1S/C17H19ClN2O3S/c1-12-5-8-14(9-6-12)24(22,23)20(4)13-7-10-15(16(18)11-13)17(21)19(2)3/h5-11H,1-4H3. The number of amides is 1. The molecule has 1 amide bonds. The number of nitrogens with zero attached hydrogens (tertiary/aromatic N) is 2. The maximum absolute atomic E-state index is 12.7. The topological polar surface area (TPSA) is 57.7 Å². The summed E-state index contributed by atoms with van der Waals surface area (Å²) in [5.74, 6) is -0.240. The van der Waals surface area contributed by atoms with Crippen LogP contribution in [0.15, 0.2) is 47.4 Å². The lowest BCUT2D eigenvalue weighted by molar-refractivity contribution is 0.0828. The van der Waals surface area contributed by atoms with Crippen molar-refractivity contribution in [1.82, 2.24) is 4.90 Å². The van der Waals surface area contributed by atoms with Crippen LogP contribution in [0.3, 0.4) is 0 Å². The van der Waals surface area contributed by atoms with Crippen LogP contribution in [0.1, 0.15) is 15.9 Å². The maximum Gasteiger partial charge on any atom is 0.264 e. The van der Waals surface area contributed by atoms with Crippen molar-refractivity contribution in [3.8, 4) is 0 Å². The average molecular weight is 367 g/mol. The molecular formula is C17H19ClN2O3S. The monoisotopic (exact) mass is 366 g/mol. The van der Waals surface area contributed by atoms with Crippen LogP contribution in [0.2, 0.25) is 5.02 Å².